The number of hydrogen-bond donors (Lipinski definition) is 3. The number of rotatable bonds is 4. The van der Waals surface area contributed by atoms with Gasteiger partial charge in [0.2, 0.25) is 0 Å². The lowest BCUT2D eigenvalue weighted by atomic mass is 10.1. The third kappa shape index (κ3) is 2.96. The van der Waals surface area contributed by atoms with Crippen molar-refractivity contribution in [1.82, 2.24) is 4.90 Å². The lowest BCUT2D eigenvalue weighted by molar-refractivity contribution is -0.0415. The quantitative estimate of drug-likeness (QED) is 0.708. The Hall–Kier alpha value is -1.79. The molecule has 2 unspecified atom stereocenters. The van der Waals surface area contributed by atoms with Crippen LogP contribution in [0.5, 0.6) is 0 Å². The van der Waals surface area contributed by atoms with Crippen LogP contribution in [-0.2, 0) is 4.74 Å². The number of ether oxygens (including phenoxy) is 1. The molecular formula is C15H22N4O2. The Kier molecular flexibility index (Phi) is 3.98. The van der Waals surface area contributed by atoms with Crippen LogP contribution < -0.4 is 16.8 Å². The molecule has 1 aromatic rings. The van der Waals surface area contributed by atoms with Crippen molar-refractivity contribution in [2.75, 3.05) is 37.3 Å². The molecule has 2 saturated heterocycles. The maximum Gasteiger partial charge on any atom is 0.250 e. The summed E-state index contributed by atoms with van der Waals surface area (Å²) in [5.74, 6) is -0.478. The molecule has 21 heavy (non-hydrogen) atoms. The highest BCUT2D eigenvalue weighted by atomic mass is 16.5. The van der Waals surface area contributed by atoms with Crippen LogP contribution in [-0.4, -0.2) is 49.2 Å². The van der Waals surface area contributed by atoms with Gasteiger partial charge in [-0.15, -0.1) is 0 Å². The molecule has 2 atom stereocenters. The molecule has 2 heterocycles. The number of hydrogen-bond acceptors (Lipinski definition) is 5. The van der Waals surface area contributed by atoms with Crippen LogP contribution in [0.4, 0.5) is 11.4 Å². The summed E-state index contributed by atoms with van der Waals surface area (Å²) >= 11 is 0. The molecule has 2 fully saturated rings. The summed E-state index contributed by atoms with van der Waals surface area (Å²) in [5, 5.41) is 3.23. The number of morpholine rings is 1. The molecule has 1 amide bonds. The second-order valence-corrected chi connectivity index (χ2v) is 5.76. The van der Waals surface area contributed by atoms with Crippen molar-refractivity contribution < 1.29 is 9.53 Å². The Bertz CT molecular complexity index is 534. The zero-order valence-electron chi connectivity index (χ0n) is 12.0. The normalized spacial score (nSPS) is 25.5. The van der Waals surface area contributed by atoms with Crippen LogP contribution in [0, 0.1) is 0 Å². The number of carbonyl (C=O) groups excluding carboxylic acids is 1. The van der Waals surface area contributed by atoms with Crippen LogP contribution in [0.3, 0.4) is 0 Å². The fourth-order valence-corrected chi connectivity index (χ4v) is 3.20. The summed E-state index contributed by atoms with van der Waals surface area (Å²) in [6, 6.07) is 5.75. The van der Waals surface area contributed by atoms with E-state index < -0.39 is 5.91 Å². The van der Waals surface area contributed by atoms with Gasteiger partial charge in [-0.2, -0.15) is 0 Å². The van der Waals surface area contributed by atoms with Crippen molar-refractivity contribution in [1.29, 1.82) is 0 Å². The van der Waals surface area contributed by atoms with Gasteiger partial charge in [0, 0.05) is 19.1 Å². The molecule has 2 aliphatic rings. The van der Waals surface area contributed by atoms with Gasteiger partial charge in [-0.3, -0.25) is 9.69 Å². The van der Waals surface area contributed by atoms with Crippen molar-refractivity contribution in [3.63, 3.8) is 0 Å². The van der Waals surface area contributed by atoms with Gasteiger partial charge >= 0.3 is 0 Å². The Morgan fingerprint density at radius 2 is 2.33 bits per heavy atom. The molecule has 2 aliphatic heterocycles. The van der Waals surface area contributed by atoms with E-state index in [9.17, 15) is 4.79 Å². The minimum atomic E-state index is -0.478. The van der Waals surface area contributed by atoms with Crippen LogP contribution in [0.2, 0.25) is 0 Å². The maximum atomic E-state index is 11.5. The van der Waals surface area contributed by atoms with Crippen LogP contribution >= 0.6 is 0 Å². The van der Waals surface area contributed by atoms with Gasteiger partial charge < -0.3 is 21.5 Å². The predicted molar refractivity (Wildman–Crippen MR) is 82.2 cm³/mol. The zero-order valence-corrected chi connectivity index (χ0v) is 12.0. The van der Waals surface area contributed by atoms with Crippen molar-refractivity contribution in [2.24, 2.45) is 5.73 Å². The van der Waals surface area contributed by atoms with E-state index in [0.29, 0.717) is 29.5 Å². The second-order valence-electron chi connectivity index (χ2n) is 5.76. The van der Waals surface area contributed by atoms with Gasteiger partial charge in [0.05, 0.1) is 29.6 Å². The Labute approximate surface area is 124 Å². The number of fused-ring (bicyclic) bond motifs is 1. The molecule has 0 bridgehead atoms. The number of nitrogen functional groups attached to an aromatic ring is 1. The summed E-state index contributed by atoms with van der Waals surface area (Å²) in [6.45, 7) is 3.50. The molecular weight excluding hydrogens is 268 g/mol. The van der Waals surface area contributed by atoms with Crippen molar-refractivity contribution in [2.45, 2.75) is 25.0 Å². The third-order valence-electron chi connectivity index (χ3n) is 4.33. The highest BCUT2D eigenvalue weighted by molar-refractivity contribution is 6.01. The molecule has 0 spiro atoms. The fourth-order valence-electron chi connectivity index (χ4n) is 3.20. The summed E-state index contributed by atoms with van der Waals surface area (Å²) in [4.78, 5) is 13.9. The van der Waals surface area contributed by atoms with E-state index in [4.69, 9.17) is 16.2 Å². The monoisotopic (exact) mass is 290 g/mol. The van der Waals surface area contributed by atoms with Gasteiger partial charge in [-0.1, -0.05) is 6.07 Å². The number of nitrogens with zero attached hydrogens (tertiary/aromatic N) is 1. The van der Waals surface area contributed by atoms with E-state index >= 15 is 0 Å². The summed E-state index contributed by atoms with van der Waals surface area (Å²) < 4.78 is 5.89. The molecule has 0 aliphatic carbocycles. The van der Waals surface area contributed by atoms with E-state index in [2.05, 4.69) is 10.2 Å². The van der Waals surface area contributed by atoms with Crippen molar-refractivity contribution in [3.8, 4) is 0 Å². The van der Waals surface area contributed by atoms with Crippen molar-refractivity contribution in [3.05, 3.63) is 23.8 Å². The van der Waals surface area contributed by atoms with E-state index in [-0.39, 0.29) is 6.10 Å². The first-order valence-corrected chi connectivity index (χ1v) is 7.43. The number of carbonyl (C=O) groups is 1. The smallest absolute Gasteiger partial charge is 0.250 e. The standard InChI is InChI=1S/C15H22N4O2/c16-13-5-1-4-12(15(17)20)14(13)18-7-11-8-19-6-2-3-10(19)9-21-11/h1,4-5,10-11,18H,2-3,6-9,16H2,(H2,17,20). The van der Waals surface area contributed by atoms with Crippen LogP contribution in [0.15, 0.2) is 18.2 Å². The minimum Gasteiger partial charge on any atom is -0.397 e. The third-order valence-corrected chi connectivity index (χ3v) is 4.33. The number of nitrogens with two attached hydrogens (primary N) is 2. The topological polar surface area (TPSA) is 93.6 Å². The number of nitrogens with one attached hydrogen (secondary N) is 1. The lowest BCUT2D eigenvalue weighted by Crippen LogP contribution is -2.48. The molecule has 6 nitrogen and oxygen atoms in total. The van der Waals surface area contributed by atoms with Gasteiger partial charge in [-0.25, -0.2) is 0 Å². The first-order valence-electron chi connectivity index (χ1n) is 7.43. The van der Waals surface area contributed by atoms with E-state index in [1.54, 1.807) is 18.2 Å². The van der Waals surface area contributed by atoms with E-state index in [1.165, 1.54) is 12.8 Å². The SMILES string of the molecule is NC(=O)c1cccc(N)c1NCC1CN2CCCC2CO1. The minimum absolute atomic E-state index is 0.111. The average molecular weight is 290 g/mol. The highest BCUT2D eigenvalue weighted by Crippen LogP contribution is 2.25. The number of primary amides is 1. The highest BCUT2D eigenvalue weighted by Gasteiger charge is 2.32. The van der Waals surface area contributed by atoms with E-state index in [1.807, 2.05) is 0 Å². The molecule has 6 heteroatoms. The van der Waals surface area contributed by atoms with Gasteiger partial charge in [0.1, 0.15) is 0 Å². The van der Waals surface area contributed by atoms with Gasteiger partial charge in [0.15, 0.2) is 0 Å². The van der Waals surface area contributed by atoms with Gasteiger partial charge in [0.25, 0.3) is 5.91 Å². The second kappa shape index (κ2) is 5.91. The zero-order chi connectivity index (χ0) is 14.8. The predicted octanol–water partition coefficient (Wildman–Crippen LogP) is 0.643. The summed E-state index contributed by atoms with van der Waals surface area (Å²) in [5.41, 5.74) is 12.9. The Balaban J connectivity index is 1.64. The molecule has 1 aromatic carbocycles. The first kappa shape index (κ1) is 14.2. The number of para-hydroxylation sites is 1. The number of benzene rings is 1. The average Bonchev–Trinajstić information content (AvgIpc) is 2.93. The first-order chi connectivity index (χ1) is 10.1. The van der Waals surface area contributed by atoms with Crippen LogP contribution in [0.25, 0.3) is 0 Å². The fraction of sp³-hybridized carbons (Fsp3) is 0.533. The molecule has 0 saturated carbocycles. The molecule has 5 N–H and O–H groups in total. The van der Waals surface area contributed by atoms with Gasteiger partial charge in [-0.05, 0) is 31.5 Å². The molecule has 0 aromatic heterocycles. The van der Waals surface area contributed by atoms with Crippen molar-refractivity contribution >= 4 is 17.3 Å². The number of anilines is 2. The van der Waals surface area contributed by atoms with E-state index in [0.717, 1.165) is 19.7 Å². The summed E-state index contributed by atoms with van der Waals surface area (Å²) in [6.07, 6.45) is 2.60. The molecule has 3 rings (SSSR count). The maximum absolute atomic E-state index is 11.5. The molecule has 114 valence electrons. The lowest BCUT2D eigenvalue weighted by Gasteiger charge is -2.35. The largest absolute Gasteiger partial charge is 0.397 e. The summed E-state index contributed by atoms with van der Waals surface area (Å²) in [7, 11) is 0. The molecule has 0 radical (unpaired) electrons. The Morgan fingerprint density at radius 3 is 3.14 bits per heavy atom. The van der Waals surface area contributed by atoms with Crippen LogP contribution in [0.1, 0.15) is 23.2 Å². The Morgan fingerprint density at radius 1 is 1.48 bits per heavy atom. The number of amides is 1.